The van der Waals surface area contributed by atoms with Crippen molar-refractivity contribution >= 4 is 39.3 Å². The third kappa shape index (κ3) is 3.08. The van der Waals surface area contributed by atoms with E-state index in [9.17, 15) is 14.4 Å². The van der Waals surface area contributed by atoms with Gasteiger partial charge >= 0.3 is 0 Å². The second kappa shape index (κ2) is 6.28. The van der Waals surface area contributed by atoms with Gasteiger partial charge in [-0.15, -0.1) is 0 Å². The fourth-order valence-corrected chi connectivity index (χ4v) is 3.34. The maximum atomic E-state index is 12.3. The van der Waals surface area contributed by atoms with Crippen molar-refractivity contribution in [2.24, 2.45) is 11.8 Å². The lowest BCUT2D eigenvalue weighted by Crippen LogP contribution is -2.38. The summed E-state index contributed by atoms with van der Waals surface area (Å²) in [4.78, 5) is 37.9. The van der Waals surface area contributed by atoms with Crippen LogP contribution in [0.15, 0.2) is 34.8 Å². The molecule has 2 atom stereocenters. The molecule has 1 aromatic rings. The summed E-state index contributed by atoms with van der Waals surface area (Å²) >= 11 is 3.40. The molecule has 23 heavy (non-hydrogen) atoms. The van der Waals surface area contributed by atoms with Gasteiger partial charge in [0, 0.05) is 10.2 Å². The molecule has 0 unspecified atom stereocenters. The number of likely N-dealkylation sites (tertiary alicyclic amines) is 1. The minimum atomic E-state index is -0.361. The topological polar surface area (TPSA) is 66.5 Å². The highest BCUT2D eigenvalue weighted by Crippen LogP contribution is 2.34. The van der Waals surface area contributed by atoms with E-state index in [2.05, 4.69) is 21.2 Å². The number of hydrogen-bond acceptors (Lipinski definition) is 3. The van der Waals surface area contributed by atoms with E-state index < -0.39 is 0 Å². The Hall–Kier alpha value is -1.95. The summed E-state index contributed by atoms with van der Waals surface area (Å²) in [6, 6.07) is 5.45. The number of aryl methyl sites for hydroxylation is 1. The number of imide groups is 1. The normalized spacial score (nSPS) is 23.1. The van der Waals surface area contributed by atoms with Crippen LogP contribution in [0.5, 0.6) is 0 Å². The number of hydrogen-bond donors (Lipinski definition) is 1. The van der Waals surface area contributed by atoms with E-state index in [1.165, 1.54) is 0 Å². The molecule has 1 fully saturated rings. The van der Waals surface area contributed by atoms with Crippen molar-refractivity contribution in [2.45, 2.75) is 19.8 Å². The van der Waals surface area contributed by atoms with Crippen LogP contribution in [0.25, 0.3) is 0 Å². The molecule has 0 bridgehead atoms. The Balaban J connectivity index is 1.67. The molecule has 0 aromatic heterocycles. The first-order valence-electron chi connectivity index (χ1n) is 7.53. The summed E-state index contributed by atoms with van der Waals surface area (Å²) in [6.07, 6.45) is 5.03. The maximum absolute atomic E-state index is 12.3. The highest BCUT2D eigenvalue weighted by molar-refractivity contribution is 9.10. The molecule has 1 N–H and O–H groups in total. The number of carbonyl (C=O) groups excluding carboxylic acids is 3. The Kier molecular flexibility index (Phi) is 4.35. The molecule has 1 aliphatic heterocycles. The molecule has 5 nitrogen and oxygen atoms in total. The average molecular weight is 377 g/mol. The largest absolute Gasteiger partial charge is 0.325 e. The van der Waals surface area contributed by atoms with Crippen molar-refractivity contribution in [1.82, 2.24) is 4.90 Å². The van der Waals surface area contributed by atoms with Crippen LogP contribution < -0.4 is 5.32 Å². The van der Waals surface area contributed by atoms with Gasteiger partial charge in [-0.2, -0.15) is 0 Å². The maximum Gasteiger partial charge on any atom is 0.244 e. The second-order valence-corrected chi connectivity index (χ2v) is 6.78. The molecule has 1 aliphatic carbocycles. The monoisotopic (exact) mass is 376 g/mol. The third-order valence-corrected chi connectivity index (χ3v) is 5.23. The number of anilines is 1. The molecule has 1 heterocycles. The number of nitrogens with zero attached hydrogens (tertiary/aromatic N) is 1. The van der Waals surface area contributed by atoms with Crippen LogP contribution in [-0.2, 0) is 14.4 Å². The van der Waals surface area contributed by atoms with E-state index >= 15 is 0 Å². The molecular formula is C17H17BrN2O3. The van der Waals surface area contributed by atoms with Gasteiger partial charge in [-0.3, -0.25) is 19.3 Å². The van der Waals surface area contributed by atoms with E-state index in [-0.39, 0.29) is 36.1 Å². The van der Waals surface area contributed by atoms with E-state index in [1.54, 1.807) is 6.07 Å². The lowest BCUT2D eigenvalue weighted by molar-refractivity contribution is -0.142. The van der Waals surface area contributed by atoms with E-state index in [0.29, 0.717) is 18.5 Å². The fraction of sp³-hybridized carbons (Fsp3) is 0.353. The van der Waals surface area contributed by atoms with Gasteiger partial charge in [0.05, 0.1) is 11.8 Å². The summed E-state index contributed by atoms with van der Waals surface area (Å²) in [6.45, 7) is 1.70. The van der Waals surface area contributed by atoms with Crippen LogP contribution >= 0.6 is 15.9 Å². The van der Waals surface area contributed by atoms with Crippen LogP contribution in [-0.4, -0.2) is 29.2 Å². The minimum Gasteiger partial charge on any atom is -0.325 e. The minimum absolute atomic E-state index is 0.222. The zero-order chi connectivity index (χ0) is 16.6. The van der Waals surface area contributed by atoms with Gasteiger partial charge in [0.2, 0.25) is 17.7 Å². The Morgan fingerprint density at radius 3 is 2.39 bits per heavy atom. The number of amides is 3. The Morgan fingerprint density at radius 2 is 1.83 bits per heavy atom. The van der Waals surface area contributed by atoms with E-state index in [1.807, 2.05) is 31.2 Å². The van der Waals surface area contributed by atoms with Crippen molar-refractivity contribution in [3.63, 3.8) is 0 Å². The molecule has 120 valence electrons. The number of benzene rings is 1. The standard InChI is InChI=1S/C17H17BrN2O3/c1-10-8-11(6-7-14(10)18)19-15(21)9-20-16(22)12-4-2-3-5-13(12)17(20)23/h2-3,6-8,12-13H,4-5,9H2,1H3,(H,19,21)/t12-,13-/m0/s1. The zero-order valence-corrected chi connectivity index (χ0v) is 14.3. The van der Waals surface area contributed by atoms with Crippen LogP contribution in [0.2, 0.25) is 0 Å². The van der Waals surface area contributed by atoms with Gasteiger partial charge in [0.1, 0.15) is 6.54 Å². The zero-order valence-electron chi connectivity index (χ0n) is 12.7. The number of rotatable bonds is 3. The molecule has 2 aliphatic rings. The highest BCUT2D eigenvalue weighted by Gasteiger charge is 2.47. The Bertz CT molecular complexity index is 688. The van der Waals surface area contributed by atoms with Gasteiger partial charge in [0.15, 0.2) is 0 Å². The summed E-state index contributed by atoms with van der Waals surface area (Å²) in [7, 11) is 0. The molecular weight excluding hydrogens is 360 g/mol. The fourth-order valence-electron chi connectivity index (χ4n) is 3.09. The van der Waals surface area contributed by atoms with Crippen molar-refractivity contribution < 1.29 is 14.4 Å². The van der Waals surface area contributed by atoms with Crippen LogP contribution in [0.1, 0.15) is 18.4 Å². The first-order valence-corrected chi connectivity index (χ1v) is 8.33. The molecule has 0 spiro atoms. The molecule has 1 aromatic carbocycles. The summed E-state index contributed by atoms with van der Waals surface area (Å²) < 4.78 is 0.956. The molecule has 0 radical (unpaired) electrons. The Labute approximate surface area is 142 Å². The van der Waals surface area contributed by atoms with E-state index in [4.69, 9.17) is 0 Å². The summed E-state index contributed by atoms with van der Waals surface area (Å²) in [5.74, 6) is -1.41. The molecule has 3 amide bonds. The van der Waals surface area contributed by atoms with Crippen molar-refractivity contribution in [1.29, 1.82) is 0 Å². The predicted molar refractivity (Wildman–Crippen MR) is 89.6 cm³/mol. The first kappa shape index (κ1) is 15.9. The number of nitrogens with one attached hydrogen (secondary N) is 1. The lowest BCUT2D eigenvalue weighted by Gasteiger charge is -2.14. The molecule has 6 heteroatoms. The SMILES string of the molecule is Cc1cc(NC(=O)CN2C(=O)[C@H]3CC=CC[C@@H]3C2=O)ccc1Br. The number of allylic oxidation sites excluding steroid dienone is 2. The first-order chi connectivity index (χ1) is 11.0. The number of carbonyl (C=O) groups is 3. The van der Waals surface area contributed by atoms with Gasteiger partial charge in [0.25, 0.3) is 0 Å². The number of halogens is 1. The predicted octanol–water partition coefficient (Wildman–Crippen LogP) is 2.65. The van der Waals surface area contributed by atoms with E-state index in [0.717, 1.165) is 14.9 Å². The lowest BCUT2D eigenvalue weighted by atomic mass is 9.85. The highest BCUT2D eigenvalue weighted by atomic mass is 79.9. The van der Waals surface area contributed by atoms with Gasteiger partial charge in [-0.25, -0.2) is 0 Å². The molecule has 0 saturated carbocycles. The van der Waals surface area contributed by atoms with Crippen LogP contribution in [0.3, 0.4) is 0 Å². The number of fused-ring (bicyclic) bond motifs is 1. The second-order valence-electron chi connectivity index (χ2n) is 5.93. The van der Waals surface area contributed by atoms with Crippen molar-refractivity contribution in [2.75, 3.05) is 11.9 Å². The van der Waals surface area contributed by atoms with Crippen LogP contribution in [0.4, 0.5) is 5.69 Å². The smallest absolute Gasteiger partial charge is 0.244 e. The van der Waals surface area contributed by atoms with Gasteiger partial charge in [-0.05, 0) is 43.5 Å². The summed E-state index contributed by atoms with van der Waals surface area (Å²) in [5.41, 5.74) is 1.64. The van der Waals surface area contributed by atoms with Crippen LogP contribution in [0, 0.1) is 18.8 Å². The third-order valence-electron chi connectivity index (χ3n) is 4.34. The van der Waals surface area contributed by atoms with Crippen molar-refractivity contribution in [3.05, 3.63) is 40.4 Å². The van der Waals surface area contributed by atoms with Crippen molar-refractivity contribution in [3.8, 4) is 0 Å². The molecule has 3 rings (SSSR count). The Morgan fingerprint density at radius 1 is 1.22 bits per heavy atom. The van der Waals surface area contributed by atoms with Gasteiger partial charge in [-0.1, -0.05) is 28.1 Å². The average Bonchev–Trinajstić information content (AvgIpc) is 2.76. The quantitative estimate of drug-likeness (QED) is 0.651. The van der Waals surface area contributed by atoms with Gasteiger partial charge < -0.3 is 5.32 Å². The molecule has 1 saturated heterocycles. The summed E-state index contributed by atoms with van der Waals surface area (Å²) in [5, 5.41) is 2.74.